The van der Waals surface area contributed by atoms with E-state index in [4.69, 9.17) is 5.73 Å². The van der Waals surface area contributed by atoms with E-state index in [2.05, 4.69) is 23.0 Å². The molecule has 0 aliphatic rings. The maximum atomic E-state index is 14.5. The molecule has 0 atom stereocenters. The third kappa shape index (κ3) is 6.29. The number of amides is 1. The Kier molecular flexibility index (Phi) is 9.28. The van der Waals surface area contributed by atoms with Crippen LogP contribution in [0.5, 0.6) is 0 Å². The highest BCUT2D eigenvalue weighted by Crippen LogP contribution is 2.33. The second-order valence-corrected chi connectivity index (χ2v) is 7.58. The van der Waals surface area contributed by atoms with E-state index in [1.807, 2.05) is 38.1 Å². The molecule has 1 aromatic heterocycles. The minimum Gasteiger partial charge on any atom is -0.382 e. The molecular weight excluding hydrogens is 399 g/mol. The van der Waals surface area contributed by atoms with Gasteiger partial charge in [-0.3, -0.25) is 9.78 Å². The highest BCUT2D eigenvalue weighted by molar-refractivity contribution is 7.99. The summed E-state index contributed by atoms with van der Waals surface area (Å²) in [6.45, 7) is 7.65. The first-order valence-corrected chi connectivity index (χ1v) is 10.8. The molecule has 0 bridgehead atoms. The molecule has 0 saturated carbocycles. The van der Waals surface area contributed by atoms with E-state index < -0.39 is 0 Å². The number of hydrogen-bond acceptors (Lipinski definition) is 5. The van der Waals surface area contributed by atoms with Crippen molar-refractivity contribution in [2.75, 3.05) is 24.6 Å². The van der Waals surface area contributed by atoms with Gasteiger partial charge in [0.2, 0.25) is 6.41 Å². The second-order valence-electron chi connectivity index (χ2n) is 6.28. The number of carbonyl (C=O) groups is 1. The summed E-state index contributed by atoms with van der Waals surface area (Å²) in [5, 5.41) is 0. The summed E-state index contributed by atoms with van der Waals surface area (Å²) in [5.41, 5.74) is 8.30. The summed E-state index contributed by atoms with van der Waals surface area (Å²) >= 11 is 1.75. The highest BCUT2D eigenvalue weighted by atomic mass is 32.2. The normalized spacial score (nSPS) is 10.1. The van der Waals surface area contributed by atoms with Crippen LogP contribution in [0.4, 0.5) is 10.2 Å². The number of halogens is 1. The van der Waals surface area contributed by atoms with E-state index in [0.29, 0.717) is 17.1 Å². The zero-order valence-electron chi connectivity index (χ0n) is 17.5. The largest absolute Gasteiger partial charge is 0.382 e. The molecule has 0 saturated heterocycles. The van der Waals surface area contributed by atoms with E-state index in [0.717, 1.165) is 41.3 Å². The number of rotatable bonds is 7. The number of nitrogens with two attached hydrogens (primary N) is 1. The average Bonchev–Trinajstić information content (AvgIpc) is 2.77. The number of aromatic nitrogens is 2. The topological polar surface area (TPSA) is 72.1 Å². The van der Waals surface area contributed by atoms with Gasteiger partial charge in [0.25, 0.3) is 0 Å². The number of benzene rings is 2. The fraction of sp³-hybridized carbons (Fsp3) is 0.261. The molecule has 7 heteroatoms. The number of hydrogen-bond donors (Lipinski definition) is 1. The molecule has 30 heavy (non-hydrogen) atoms. The van der Waals surface area contributed by atoms with Gasteiger partial charge in [0.1, 0.15) is 11.6 Å². The van der Waals surface area contributed by atoms with Crippen LogP contribution in [-0.2, 0) is 4.79 Å². The van der Waals surface area contributed by atoms with Crippen LogP contribution in [0.25, 0.3) is 22.4 Å². The fourth-order valence-electron chi connectivity index (χ4n) is 2.73. The molecule has 1 heterocycles. The predicted molar refractivity (Wildman–Crippen MR) is 123 cm³/mol. The van der Waals surface area contributed by atoms with E-state index in [1.54, 1.807) is 28.8 Å². The first-order chi connectivity index (χ1) is 14.5. The van der Waals surface area contributed by atoms with Crippen molar-refractivity contribution in [3.8, 4) is 22.4 Å². The molecule has 0 aliphatic heterocycles. The zero-order valence-corrected chi connectivity index (χ0v) is 18.3. The van der Waals surface area contributed by atoms with E-state index >= 15 is 0 Å². The first-order valence-electron chi connectivity index (χ1n) is 9.82. The number of nitrogen functional groups attached to an aromatic ring is 1. The van der Waals surface area contributed by atoms with Gasteiger partial charge < -0.3 is 10.6 Å². The maximum absolute atomic E-state index is 14.5. The van der Waals surface area contributed by atoms with Crippen LogP contribution in [0, 0.1) is 5.82 Å². The summed E-state index contributed by atoms with van der Waals surface area (Å²) in [6, 6.07) is 13.2. The number of carbonyl (C=O) groups excluding carboxylic acids is 1. The van der Waals surface area contributed by atoms with Crippen molar-refractivity contribution in [2.24, 2.45) is 0 Å². The Morgan fingerprint density at radius 2 is 1.77 bits per heavy atom. The lowest BCUT2D eigenvalue weighted by molar-refractivity contribution is -0.117. The molecule has 0 unspecified atom stereocenters. The number of anilines is 1. The molecule has 2 aromatic carbocycles. The number of nitrogens with zero attached hydrogens (tertiary/aromatic N) is 3. The maximum Gasteiger partial charge on any atom is 0.209 e. The quantitative estimate of drug-likeness (QED) is 0.419. The van der Waals surface area contributed by atoms with Gasteiger partial charge in [0, 0.05) is 23.5 Å². The van der Waals surface area contributed by atoms with Crippen molar-refractivity contribution >= 4 is 24.0 Å². The summed E-state index contributed by atoms with van der Waals surface area (Å²) < 4.78 is 14.5. The monoisotopic (exact) mass is 426 g/mol. The third-order valence-electron chi connectivity index (χ3n) is 4.38. The van der Waals surface area contributed by atoms with Crippen LogP contribution in [0.15, 0.2) is 59.8 Å². The van der Waals surface area contributed by atoms with Crippen molar-refractivity contribution in [1.82, 2.24) is 14.9 Å². The summed E-state index contributed by atoms with van der Waals surface area (Å²) in [7, 11) is 0. The van der Waals surface area contributed by atoms with Crippen LogP contribution in [0.2, 0.25) is 0 Å². The average molecular weight is 427 g/mol. The van der Waals surface area contributed by atoms with E-state index in [-0.39, 0.29) is 5.82 Å². The Hall–Kier alpha value is -2.93. The van der Waals surface area contributed by atoms with Gasteiger partial charge in [-0.15, -0.1) is 11.8 Å². The summed E-state index contributed by atoms with van der Waals surface area (Å²) in [4.78, 5) is 20.8. The van der Waals surface area contributed by atoms with E-state index in [1.165, 1.54) is 12.4 Å². The molecule has 1 amide bonds. The smallest absolute Gasteiger partial charge is 0.209 e. The summed E-state index contributed by atoms with van der Waals surface area (Å²) in [5.74, 6) is 0.965. The minimum atomic E-state index is -0.321. The van der Waals surface area contributed by atoms with Crippen molar-refractivity contribution in [3.63, 3.8) is 0 Å². The first kappa shape index (κ1) is 23.3. The molecule has 158 valence electrons. The zero-order chi connectivity index (χ0) is 21.9. The Labute approximate surface area is 181 Å². The van der Waals surface area contributed by atoms with Gasteiger partial charge in [-0.2, -0.15) is 0 Å². The minimum absolute atomic E-state index is 0.316. The van der Waals surface area contributed by atoms with Gasteiger partial charge >= 0.3 is 0 Å². The lowest BCUT2D eigenvalue weighted by Gasteiger charge is -2.10. The van der Waals surface area contributed by atoms with Crippen molar-refractivity contribution in [1.29, 1.82) is 0 Å². The SMILES string of the molecule is CCN(C=O)CC.CCSc1ccccc1-c1ccc(-c2cnc(N)cn2)c(F)c1. The fourth-order valence-corrected chi connectivity index (χ4v) is 3.55. The van der Waals surface area contributed by atoms with Crippen molar-refractivity contribution < 1.29 is 9.18 Å². The van der Waals surface area contributed by atoms with Crippen LogP contribution >= 0.6 is 11.8 Å². The van der Waals surface area contributed by atoms with Crippen LogP contribution < -0.4 is 5.73 Å². The van der Waals surface area contributed by atoms with Crippen molar-refractivity contribution in [3.05, 3.63) is 60.7 Å². The number of thioether (sulfide) groups is 1. The molecule has 0 fully saturated rings. The second kappa shape index (κ2) is 11.9. The van der Waals surface area contributed by atoms with Crippen LogP contribution in [0.1, 0.15) is 20.8 Å². The molecule has 5 nitrogen and oxygen atoms in total. The molecule has 3 aromatic rings. The van der Waals surface area contributed by atoms with Gasteiger partial charge in [0.15, 0.2) is 0 Å². The predicted octanol–water partition coefficient (Wildman–Crippen LogP) is 5.13. The van der Waals surface area contributed by atoms with Gasteiger partial charge in [-0.05, 0) is 48.9 Å². The molecule has 0 radical (unpaired) electrons. The van der Waals surface area contributed by atoms with Crippen LogP contribution in [-0.4, -0.2) is 40.1 Å². The summed E-state index contributed by atoms with van der Waals surface area (Å²) in [6.07, 6.45) is 3.77. The van der Waals surface area contributed by atoms with Gasteiger partial charge in [-0.1, -0.05) is 31.2 Å². The molecule has 0 aliphatic carbocycles. The molecule has 0 spiro atoms. The Bertz CT molecular complexity index is 946. The van der Waals surface area contributed by atoms with E-state index in [9.17, 15) is 9.18 Å². The van der Waals surface area contributed by atoms with Gasteiger partial charge in [0.05, 0.1) is 18.1 Å². The standard InChI is InChI=1S/C18H16FN3S.C5H11NO/c1-2-23-17-6-4-3-5-13(17)12-7-8-14(15(19)9-12)16-10-22-18(20)11-21-16;1-3-6(4-2)5-7/h3-11H,2H2,1H3,(H2,20,22);5H,3-4H2,1-2H3. The Morgan fingerprint density at radius 3 is 2.30 bits per heavy atom. The van der Waals surface area contributed by atoms with Crippen molar-refractivity contribution in [2.45, 2.75) is 25.7 Å². The van der Waals surface area contributed by atoms with Crippen LogP contribution in [0.3, 0.4) is 0 Å². The lowest BCUT2D eigenvalue weighted by atomic mass is 10.0. The lowest BCUT2D eigenvalue weighted by Crippen LogP contribution is -2.19. The Morgan fingerprint density at radius 1 is 1.03 bits per heavy atom. The van der Waals surface area contributed by atoms with Gasteiger partial charge in [-0.25, -0.2) is 9.37 Å². The molecule has 3 rings (SSSR count). The Balaban J connectivity index is 0.000000396. The third-order valence-corrected chi connectivity index (χ3v) is 5.33. The molecule has 2 N–H and O–H groups in total. The highest BCUT2D eigenvalue weighted by Gasteiger charge is 2.11. The molecular formula is C23H27FN4OS.